The fourth-order valence-corrected chi connectivity index (χ4v) is 1.61. The predicted molar refractivity (Wildman–Crippen MR) is 52.4 cm³/mol. The molecule has 0 saturated carbocycles. The first-order valence-electron chi connectivity index (χ1n) is 4.12. The van der Waals surface area contributed by atoms with Gasteiger partial charge >= 0.3 is 0 Å². The molecule has 66 valence electrons. The highest BCUT2D eigenvalue weighted by Gasteiger charge is 2.13. The lowest BCUT2D eigenvalue weighted by atomic mass is 10.2. The minimum atomic E-state index is 0.382. The number of nitrogens with zero attached hydrogens (tertiary/aromatic N) is 2. The van der Waals surface area contributed by atoms with Gasteiger partial charge in [0.1, 0.15) is 0 Å². The third-order valence-corrected chi connectivity index (χ3v) is 2.35. The maximum Gasteiger partial charge on any atom is 0.0847 e. The van der Waals surface area contributed by atoms with Crippen molar-refractivity contribution in [3.05, 3.63) is 16.6 Å². The van der Waals surface area contributed by atoms with Crippen LogP contribution in [0, 0.1) is 0 Å². The van der Waals surface area contributed by atoms with E-state index in [4.69, 9.17) is 0 Å². The second kappa shape index (κ2) is 4.87. The predicted octanol–water partition coefficient (Wildman–Crippen LogP) is 2.19. The van der Waals surface area contributed by atoms with Crippen molar-refractivity contribution in [1.29, 1.82) is 0 Å². The Labute approximate surface area is 76.5 Å². The summed E-state index contributed by atoms with van der Waals surface area (Å²) >= 11 is 1.67. The first-order chi connectivity index (χ1) is 5.97. The van der Waals surface area contributed by atoms with Gasteiger partial charge in [0.25, 0.3) is 0 Å². The van der Waals surface area contributed by atoms with Crippen LogP contribution in [-0.4, -0.2) is 11.2 Å². The summed E-state index contributed by atoms with van der Waals surface area (Å²) in [5, 5.41) is 3.92. The van der Waals surface area contributed by atoms with Gasteiger partial charge in [-0.05, 0) is 0 Å². The Kier molecular flexibility index (Phi) is 3.73. The van der Waals surface area contributed by atoms with Crippen molar-refractivity contribution in [1.82, 2.24) is 10.4 Å². The Morgan fingerprint density at radius 2 is 2.42 bits per heavy atom. The number of rotatable bonds is 1. The Balaban J connectivity index is 0.000000336. The van der Waals surface area contributed by atoms with Crippen molar-refractivity contribution in [2.45, 2.75) is 26.3 Å². The van der Waals surface area contributed by atoms with Crippen LogP contribution in [0.15, 0.2) is 16.8 Å². The van der Waals surface area contributed by atoms with Gasteiger partial charge in [-0.25, -0.2) is 0 Å². The van der Waals surface area contributed by atoms with Crippen LogP contribution in [0.4, 0.5) is 0 Å². The van der Waals surface area contributed by atoms with E-state index in [1.165, 1.54) is 4.88 Å². The number of hydrogen-bond donors (Lipinski definition) is 1. The summed E-state index contributed by atoms with van der Waals surface area (Å²) < 4.78 is 0. The molecule has 1 aromatic heterocycles. The second-order valence-electron chi connectivity index (χ2n) is 2.13. The first kappa shape index (κ1) is 9.19. The first-order valence-corrected chi connectivity index (χ1v) is 5.00. The lowest BCUT2D eigenvalue weighted by molar-refractivity contribution is 0.629. The number of nitrogens with one attached hydrogen (secondary N) is 1. The summed E-state index contributed by atoms with van der Waals surface area (Å²) in [6, 6.07) is 0.382. The lowest BCUT2D eigenvalue weighted by Crippen LogP contribution is -2.07. The van der Waals surface area contributed by atoms with Crippen LogP contribution in [0.5, 0.6) is 0 Å². The summed E-state index contributed by atoms with van der Waals surface area (Å²) in [4.78, 5) is 5.25. The largest absolute Gasteiger partial charge is 0.302 e. The normalized spacial score (nSPS) is 19.7. The maximum atomic E-state index is 3.99. The molecule has 1 aliphatic rings. The zero-order valence-corrected chi connectivity index (χ0v) is 8.14. The van der Waals surface area contributed by atoms with Crippen molar-refractivity contribution < 1.29 is 0 Å². The van der Waals surface area contributed by atoms with E-state index >= 15 is 0 Å². The lowest BCUT2D eigenvalue weighted by Gasteiger charge is -2.03. The third-order valence-electron chi connectivity index (χ3n) is 1.46. The van der Waals surface area contributed by atoms with E-state index in [-0.39, 0.29) is 0 Å². The van der Waals surface area contributed by atoms with Gasteiger partial charge in [-0.3, -0.25) is 4.98 Å². The molecular weight excluding hydrogens is 170 g/mol. The highest BCUT2D eigenvalue weighted by molar-refractivity contribution is 7.09. The van der Waals surface area contributed by atoms with Gasteiger partial charge in [-0.15, -0.1) is 11.3 Å². The summed E-state index contributed by atoms with van der Waals surface area (Å²) in [5.41, 5.74) is 4.84. The summed E-state index contributed by atoms with van der Waals surface area (Å²) in [6.07, 6.45) is 4.77. The van der Waals surface area contributed by atoms with E-state index in [1.807, 2.05) is 31.8 Å². The van der Waals surface area contributed by atoms with Crippen LogP contribution < -0.4 is 5.43 Å². The minimum absolute atomic E-state index is 0.382. The van der Waals surface area contributed by atoms with E-state index in [9.17, 15) is 0 Å². The average molecular weight is 183 g/mol. The molecule has 1 unspecified atom stereocenters. The Bertz CT molecular complexity index is 222. The van der Waals surface area contributed by atoms with E-state index in [0.29, 0.717) is 6.04 Å². The van der Waals surface area contributed by atoms with Crippen molar-refractivity contribution >= 4 is 17.6 Å². The molecular formula is C8H13N3S. The van der Waals surface area contributed by atoms with Crippen molar-refractivity contribution in [3.63, 3.8) is 0 Å². The molecule has 0 amide bonds. The molecule has 0 fully saturated rings. The topological polar surface area (TPSA) is 37.3 Å². The molecule has 2 heterocycles. The number of thiazole rings is 1. The summed E-state index contributed by atoms with van der Waals surface area (Å²) in [5.74, 6) is 0. The maximum absolute atomic E-state index is 3.99. The van der Waals surface area contributed by atoms with Crippen molar-refractivity contribution in [2.75, 3.05) is 0 Å². The van der Waals surface area contributed by atoms with Crippen LogP contribution in [0.1, 0.15) is 31.2 Å². The molecule has 1 aromatic rings. The van der Waals surface area contributed by atoms with E-state index in [2.05, 4.69) is 15.5 Å². The monoisotopic (exact) mass is 183 g/mol. The molecule has 1 atom stereocenters. The summed E-state index contributed by atoms with van der Waals surface area (Å²) in [6.45, 7) is 4.00. The van der Waals surface area contributed by atoms with E-state index in [1.54, 1.807) is 11.3 Å². The molecule has 0 aromatic carbocycles. The average Bonchev–Trinajstić information content (AvgIpc) is 2.80. The fourth-order valence-electron chi connectivity index (χ4n) is 0.931. The molecule has 0 spiro atoms. The minimum Gasteiger partial charge on any atom is -0.302 e. The SMILES string of the molecule is C1=NNC(c2cncs2)C1.CC. The molecule has 0 bridgehead atoms. The molecule has 0 saturated heterocycles. The highest BCUT2D eigenvalue weighted by Crippen LogP contribution is 2.21. The van der Waals surface area contributed by atoms with Gasteiger partial charge in [-0.1, -0.05) is 13.8 Å². The van der Waals surface area contributed by atoms with Crippen molar-refractivity contribution in [3.8, 4) is 0 Å². The molecule has 0 radical (unpaired) electrons. The highest BCUT2D eigenvalue weighted by atomic mass is 32.1. The molecule has 12 heavy (non-hydrogen) atoms. The Morgan fingerprint density at radius 1 is 1.58 bits per heavy atom. The van der Waals surface area contributed by atoms with Crippen LogP contribution in [-0.2, 0) is 0 Å². The van der Waals surface area contributed by atoms with Crippen LogP contribution in [0.2, 0.25) is 0 Å². The Hall–Kier alpha value is -0.900. The molecule has 1 N–H and O–H groups in total. The van der Waals surface area contributed by atoms with Gasteiger partial charge in [-0.2, -0.15) is 5.10 Å². The molecule has 1 aliphatic heterocycles. The zero-order chi connectivity index (χ0) is 8.81. The molecule has 4 heteroatoms. The van der Waals surface area contributed by atoms with Gasteiger partial charge in [0.05, 0.1) is 11.6 Å². The van der Waals surface area contributed by atoms with Gasteiger partial charge in [0.15, 0.2) is 0 Å². The molecule has 0 aliphatic carbocycles. The van der Waals surface area contributed by atoms with Gasteiger partial charge in [0.2, 0.25) is 0 Å². The standard InChI is InChI=1S/C6H7N3S.C2H6/c1-2-8-9-5(1)6-3-7-4-10-6;1-2/h2-5,9H,1H2;1-2H3. The van der Waals surface area contributed by atoms with Gasteiger partial charge in [0, 0.05) is 23.7 Å². The van der Waals surface area contributed by atoms with Crippen LogP contribution in [0.3, 0.4) is 0 Å². The van der Waals surface area contributed by atoms with Crippen LogP contribution in [0.25, 0.3) is 0 Å². The summed E-state index contributed by atoms with van der Waals surface area (Å²) in [7, 11) is 0. The second-order valence-corrected chi connectivity index (χ2v) is 3.05. The third kappa shape index (κ3) is 2.04. The number of hydrogen-bond acceptors (Lipinski definition) is 4. The number of hydrazone groups is 1. The quantitative estimate of drug-likeness (QED) is 0.724. The number of aromatic nitrogens is 1. The van der Waals surface area contributed by atoms with Crippen molar-refractivity contribution in [2.24, 2.45) is 5.10 Å². The Morgan fingerprint density at radius 3 is 2.92 bits per heavy atom. The zero-order valence-electron chi connectivity index (χ0n) is 7.32. The molecule has 3 nitrogen and oxygen atoms in total. The molecule has 2 rings (SSSR count). The fraction of sp³-hybridized carbons (Fsp3) is 0.500. The van der Waals surface area contributed by atoms with E-state index < -0.39 is 0 Å². The van der Waals surface area contributed by atoms with Crippen LogP contribution >= 0.6 is 11.3 Å². The van der Waals surface area contributed by atoms with E-state index in [0.717, 1.165) is 6.42 Å². The van der Waals surface area contributed by atoms with Gasteiger partial charge < -0.3 is 5.43 Å². The smallest absolute Gasteiger partial charge is 0.0847 e.